The van der Waals surface area contributed by atoms with Crippen molar-refractivity contribution in [3.05, 3.63) is 59.8 Å². The molecule has 0 fully saturated rings. The minimum Gasteiger partial charge on any atom is -0.508 e. The molecule has 0 radical (unpaired) electrons. The molecule has 3 nitrogen and oxygen atoms in total. The van der Waals surface area contributed by atoms with Gasteiger partial charge in [-0.3, -0.25) is 5.10 Å². The molecule has 1 heterocycles. The number of fused-ring (bicyclic) bond motifs is 1. The normalized spacial score (nSPS) is 9.20. The van der Waals surface area contributed by atoms with Gasteiger partial charge in [-0.05, 0) is 37.6 Å². The van der Waals surface area contributed by atoms with Crippen LogP contribution < -0.4 is 0 Å². The van der Waals surface area contributed by atoms with Gasteiger partial charge >= 0.3 is 0 Å². The summed E-state index contributed by atoms with van der Waals surface area (Å²) in [7, 11) is 0. The third-order valence-electron chi connectivity index (χ3n) is 2.63. The minimum absolute atomic E-state index is 0.329. The molecule has 0 aliphatic rings. The summed E-state index contributed by atoms with van der Waals surface area (Å²) in [5, 5.41) is 16.8. The van der Waals surface area contributed by atoms with Crippen LogP contribution in [0.4, 0.5) is 0 Å². The molecule has 3 rings (SSSR count). The van der Waals surface area contributed by atoms with Crippen molar-refractivity contribution in [2.24, 2.45) is 0 Å². The number of hydrogen-bond acceptors (Lipinski definition) is 2. The summed E-state index contributed by atoms with van der Waals surface area (Å²) in [6, 6.07) is 13.3. The van der Waals surface area contributed by atoms with E-state index in [-0.39, 0.29) is 0 Å². The molecule has 0 bridgehead atoms. The average molecular weight is 270 g/mol. The average Bonchev–Trinajstić information content (AvgIpc) is 2.92. The Morgan fingerprint density at radius 3 is 2.10 bits per heavy atom. The number of H-pyrrole nitrogens is 1. The van der Waals surface area contributed by atoms with Crippen LogP contribution in [0.5, 0.6) is 5.75 Å². The van der Waals surface area contributed by atoms with Crippen LogP contribution in [0.2, 0.25) is 0 Å². The zero-order chi connectivity index (χ0) is 15.0. The number of nitrogens with zero attached hydrogens (tertiary/aromatic N) is 1. The van der Waals surface area contributed by atoms with Gasteiger partial charge in [-0.15, -0.1) is 0 Å². The van der Waals surface area contributed by atoms with Crippen LogP contribution in [0, 0.1) is 13.8 Å². The number of hydrogen-bond donors (Lipinski definition) is 2. The summed E-state index contributed by atoms with van der Waals surface area (Å²) in [5.74, 6) is 0.329. The highest BCUT2D eigenvalue weighted by Crippen LogP contribution is 2.11. The van der Waals surface area contributed by atoms with E-state index in [0.29, 0.717) is 5.75 Å². The second-order valence-corrected chi connectivity index (χ2v) is 4.30. The molecule has 3 aromatic rings. The van der Waals surface area contributed by atoms with Crippen molar-refractivity contribution in [3.63, 3.8) is 0 Å². The van der Waals surface area contributed by atoms with Gasteiger partial charge < -0.3 is 5.11 Å². The number of phenolic OH excluding ortho intramolecular Hbond substituents is 1. The molecule has 0 unspecified atom stereocenters. The van der Waals surface area contributed by atoms with Crippen molar-refractivity contribution in [3.8, 4) is 5.75 Å². The first kappa shape index (κ1) is 15.8. The molecule has 3 heteroatoms. The molecule has 0 aliphatic carbocycles. The molecule has 2 N–H and O–H groups in total. The molecule has 0 atom stereocenters. The maximum absolute atomic E-state index is 8.76. The zero-order valence-corrected chi connectivity index (χ0v) is 12.5. The highest BCUT2D eigenvalue weighted by molar-refractivity contribution is 5.78. The predicted octanol–water partition coefficient (Wildman–Crippen LogP) is 4.60. The van der Waals surface area contributed by atoms with Gasteiger partial charge in [0.05, 0.1) is 11.7 Å². The predicted molar refractivity (Wildman–Crippen MR) is 85.0 cm³/mol. The minimum atomic E-state index is 0.329. The Morgan fingerprint density at radius 2 is 1.50 bits per heavy atom. The Hall–Kier alpha value is -2.29. The summed E-state index contributed by atoms with van der Waals surface area (Å²) in [5.41, 5.74) is 3.54. The topological polar surface area (TPSA) is 48.9 Å². The second kappa shape index (κ2) is 8.00. The van der Waals surface area contributed by atoms with E-state index in [1.54, 1.807) is 12.1 Å². The van der Waals surface area contributed by atoms with E-state index in [2.05, 4.69) is 35.3 Å². The number of phenols is 1. The first-order valence-corrected chi connectivity index (χ1v) is 6.80. The van der Waals surface area contributed by atoms with Gasteiger partial charge in [-0.1, -0.05) is 43.7 Å². The van der Waals surface area contributed by atoms with E-state index < -0.39 is 0 Å². The fraction of sp³-hybridized carbons (Fsp3) is 0.235. The molecular formula is C17H22N2O. The third-order valence-corrected chi connectivity index (χ3v) is 2.63. The molecule has 0 amide bonds. The maximum atomic E-state index is 8.76. The SMILES string of the molecule is CC.Cc1ccc(O)cc1.Cc1ccc2cn[nH]c2c1. The smallest absolute Gasteiger partial charge is 0.115 e. The van der Waals surface area contributed by atoms with Gasteiger partial charge in [0.25, 0.3) is 0 Å². The lowest BCUT2D eigenvalue weighted by molar-refractivity contribution is 0.475. The maximum Gasteiger partial charge on any atom is 0.115 e. The van der Waals surface area contributed by atoms with Crippen molar-refractivity contribution in [2.45, 2.75) is 27.7 Å². The molecular weight excluding hydrogens is 248 g/mol. The van der Waals surface area contributed by atoms with E-state index in [9.17, 15) is 0 Å². The standard InChI is InChI=1S/C8H8N2.C7H8O.C2H6/c1-6-2-3-7-5-9-10-8(7)4-6;1-6-2-4-7(8)5-3-6;1-2/h2-5H,1H3,(H,9,10);2-5,8H,1H3;1-2H3. The molecule has 0 saturated carbocycles. The number of aryl methyl sites for hydroxylation is 2. The molecule has 0 saturated heterocycles. The van der Waals surface area contributed by atoms with Crippen LogP contribution >= 0.6 is 0 Å². The van der Waals surface area contributed by atoms with Crippen LogP contribution in [0.3, 0.4) is 0 Å². The van der Waals surface area contributed by atoms with Crippen molar-refractivity contribution in [1.29, 1.82) is 0 Å². The summed E-state index contributed by atoms with van der Waals surface area (Å²) < 4.78 is 0. The Labute approximate surface area is 120 Å². The molecule has 1 aromatic heterocycles. The molecule has 0 spiro atoms. The van der Waals surface area contributed by atoms with Gasteiger partial charge in [0.15, 0.2) is 0 Å². The van der Waals surface area contributed by atoms with Crippen molar-refractivity contribution in [1.82, 2.24) is 10.2 Å². The fourth-order valence-electron chi connectivity index (χ4n) is 1.60. The summed E-state index contributed by atoms with van der Waals surface area (Å²) in [4.78, 5) is 0. The Morgan fingerprint density at radius 1 is 0.900 bits per heavy atom. The molecule has 106 valence electrons. The van der Waals surface area contributed by atoms with Gasteiger partial charge in [0, 0.05) is 5.39 Å². The second-order valence-electron chi connectivity index (χ2n) is 4.30. The first-order chi connectivity index (χ1) is 9.65. The monoisotopic (exact) mass is 270 g/mol. The van der Waals surface area contributed by atoms with Crippen LogP contribution in [0.1, 0.15) is 25.0 Å². The van der Waals surface area contributed by atoms with Crippen molar-refractivity contribution in [2.75, 3.05) is 0 Å². The van der Waals surface area contributed by atoms with E-state index in [0.717, 1.165) is 5.52 Å². The number of rotatable bonds is 0. The third kappa shape index (κ3) is 4.76. The lowest BCUT2D eigenvalue weighted by Crippen LogP contribution is -1.70. The van der Waals surface area contributed by atoms with Gasteiger partial charge in [0.1, 0.15) is 5.75 Å². The summed E-state index contributed by atoms with van der Waals surface area (Å²) in [6.07, 6.45) is 1.83. The van der Waals surface area contributed by atoms with E-state index in [4.69, 9.17) is 5.11 Å². The lowest BCUT2D eigenvalue weighted by atomic mass is 10.2. The number of aromatic nitrogens is 2. The van der Waals surface area contributed by atoms with Gasteiger partial charge in [0.2, 0.25) is 0 Å². The largest absolute Gasteiger partial charge is 0.508 e. The van der Waals surface area contributed by atoms with Gasteiger partial charge in [-0.2, -0.15) is 5.10 Å². The van der Waals surface area contributed by atoms with E-state index in [1.807, 2.05) is 39.1 Å². The number of aromatic amines is 1. The van der Waals surface area contributed by atoms with Crippen LogP contribution in [-0.2, 0) is 0 Å². The molecule has 2 aromatic carbocycles. The quantitative estimate of drug-likeness (QED) is 0.627. The highest BCUT2D eigenvalue weighted by Gasteiger charge is 1.92. The van der Waals surface area contributed by atoms with Crippen LogP contribution in [0.15, 0.2) is 48.7 Å². The lowest BCUT2D eigenvalue weighted by Gasteiger charge is -1.89. The molecule has 20 heavy (non-hydrogen) atoms. The van der Waals surface area contributed by atoms with Crippen molar-refractivity contribution < 1.29 is 5.11 Å². The Kier molecular flexibility index (Phi) is 6.30. The summed E-state index contributed by atoms with van der Waals surface area (Å²) >= 11 is 0. The van der Waals surface area contributed by atoms with Crippen LogP contribution in [0.25, 0.3) is 10.9 Å². The highest BCUT2D eigenvalue weighted by atomic mass is 16.3. The zero-order valence-electron chi connectivity index (χ0n) is 12.5. The Balaban J connectivity index is 0.000000182. The summed E-state index contributed by atoms with van der Waals surface area (Å²) in [6.45, 7) is 8.06. The van der Waals surface area contributed by atoms with Crippen molar-refractivity contribution >= 4 is 10.9 Å². The molecule has 0 aliphatic heterocycles. The number of nitrogens with one attached hydrogen (secondary N) is 1. The van der Waals surface area contributed by atoms with E-state index in [1.165, 1.54) is 16.5 Å². The Bertz CT molecular complexity index is 606. The number of benzene rings is 2. The van der Waals surface area contributed by atoms with Crippen LogP contribution in [-0.4, -0.2) is 15.3 Å². The number of aromatic hydroxyl groups is 1. The van der Waals surface area contributed by atoms with E-state index >= 15 is 0 Å². The fourth-order valence-corrected chi connectivity index (χ4v) is 1.60. The first-order valence-electron chi connectivity index (χ1n) is 6.80. The van der Waals surface area contributed by atoms with Gasteiger partial charge in [-0.25, -0.2) is 0 Å².